The Bertz CT molecular complexity index is 394. The molecule has 56 valence electrons. The standard InChI is InChI=1S/C8H6FNO/c1-5-10-7-3-2-6(9)4-8(7)11-5/h2-4H,1H3. The number of aryl methyl sites for hydroxylation is 1. The van der Waals surface area contributed by atoms with E-state index in [1.54, 1.807) is 13.0 Å². The summed E-state index contributed by atoms with van der Waals surface area (Å²) in [6, 6.07) is 4.29. The average molecular weight is 151 g/mol. The molecule has 2 rings (SSSR count). The van der Waals surface area contributed by atoms with Crippen LogP contribution in [0.4, 0.5) is 4.39 Å². The van der Waals surface area contributed by atoms with Gasteiger partial charge in [0.15, 0.2) is 11.5 Å². The predicted molar refractivity (Wildman–Crippen MR) is 38.7 cm³/mol. The Kier molecular flexibility index (Phi) is 1.18. The maximum Gasteiger partial charge on any atom is 0.192 e. The summed E-state index contributed by atoms with van der Waals surface area (Å²) in [6.07, 6.45) is 0. The van der Waals surface area contributed by atoms with Crippen LogP contribution in [0.5, 0.6) is 0 Å². The van der Waals surface area contributed by atoms with E-state index in [0.29, 0.717) is 17.0 Å². The van der Waals surface area contributed by atoms with Gasteiger partial charge in [0.25, 0.3) is 0 Å². The highest BCUT2D eigenvalue weighted by Gasteiger charge is 2.01. The smallest absolute Gasteiger partial charge is 0.192 e. The number of rotatable bonds is 0. The lowest BCUT2D eigenvalue weighted by Gasteiger charge is -1.84. The van der Waals surface area contributed by atoms with Crippen LogP contribution >= 0.6 is 0 Å². The summed E-state index contributed by atoms with van der Waals surface area (Å²) < 4.78 is 17.7. The summed E-state index contributed by atoms with van der Waals surface area (Å²) in [6.45, 7) is 1.73. The molecule has 11 heavy (non-hydrogen) atoms. The van der Waals surface area contributed by atoms with Crippen molar-refractivity contribution in [3.63, 3.8) is 0 Å². The van der Waals surface area contributed by atoms with Gasteiger partial charge in [0.1, 0.15) is 11.3 Å². The van der Waals surface area contributed by atoms with E-state index in [-0.39, 0.29) is 5.82 Å². The first-order chi connectivity index (χ1) is 5.25. The zero-order valence-corrected chi connectivity index (χ0v) is 5.97. The summed E-state index contributed by atoms with van der Waals surface area (Å²) in [7, 11) is 0. The highest BCUT2D eigenvalue weighted by molar-refractivity contribution is 5.72. The molecule has 3 heteroatoms. The van der Waals surface area contributed by atoms with Gasteiger partial charge in [0.2, 0.25) is 0 Å². The Morgan fingerprint density at radius 2 is 2.27 bits per heavy atom. The van der Waals surface area contributed by atoms with Crippen LogP contribution in [0.2, 0.25) is 0 Å². The summed E-state index contributed by atoms with van der Waals surface area (Å²) in [4.78, 5) is 4.02. The molecule has 1 aromatic heterocycles. The molecule has 0 fully saturated rings. The molecule has 0 aliphatic carbocycles. The quantitative estimate of drug-likeness (QED) is 0.577. The van der Waals surface area contributed by atoms with Crippen molar-refractivity contribution in [1.29, 1.82) is 0 Å². The van der Waals surface area contributed by atoms with Gasteiger partial charge in [0.05, 0.1) is 0 Å². The molecule has 0 aliphatic rings. The molecule has 0 spiro atoms. The fourth-order valence-corrected chi connectivity index (χ4v) is 1.01. The van der Waals surface area contributed by atoms with E-state index in [1.165, 1.54) is 12.1 Å². The van der Waals surface area contributed by atoms with Crippen molar-refractivity contribution in [2.75, 3.05) is 0 Å². The lowest BCUT2D eigenvalue weighted by molar-refractivity contribution is 0.556. The van der Waals surface area contributed by atoms with Crippen LogP contribution in [0, 0.1) is 12.7 Å². The fourth-order valence-electron chi connectivity index (χ4n) is 1.01. The second kappa shape index (κ2) is 2.05. The normalized spacial score (nSPS) is 10.7. The molecule has 0 atom stereocenters. The van der Waals surface area contributed by atoms with Crippen LogP contribution in [0.3, 0.4) is 0 Å². The predicted octanol–water partition coefficient (Wildman–Crippen LogP) is 2.28. The van der Waals surface area contributed by atoms with E-state index < -0.39 is 0 Å². The number of fused-ring (bicyclic) bond motifs is 1. The van der Waals surface area contributed by atoms with Crippen LogP contribution in [-0.2, 0) is 0 Å². The Morgan fingerprint density at radius 1 is 1.45 bits per heavy atom. The van der Waals surface area contributed by atoms with Crippen LogP contribution in [-0.4, -0.2) is 4.98 Å². The van der Waals surface area contributed by atoms with Gasteiger partial charge in [-0.05, 0) is 12.1 Å². The van der Waals surface area contributed by atoms with Gasteiger partial charge >= 0.3 is 0 Å². The number of benzene rings is 1. The topological polar surface area (TPSA) is 26.0 Å². The number of aromatic nitrogens is 1. The minimum atomic E-state index is -0.298. The third kappa shape index (κ3) is 0.981. The Balaban J connectivity index is 2.82. The van der Waals surface area contributed by atoms with Crippen molar-refractivity contribution in [1.82, 2.24) is 4.98 Å². The van der Waals surface area contributed by atoms with Gasteiger partial charge in [-0.2, -0.15) is 0 Å². The lowest BCUT2D eigenvalue weighted by Crippen LogP contribution is -1.71. The highest BCUT2D eigenvalue weighted by Crippen LogP contribution is 2.15. The Hall–Kier alpha value is -1.38. The van der Waals surface area contributed by atoms with Crippen LogP contribution in [0.15, 0.2) is 22.6 Å². The van der Waals surface area contributed by atoms with E-state index in [1.807, 2.05) is 0 Å². The van der Waals surface area contributed by atoms with E-state index in [9.17, 15) is 4.39 Å². The fraction of sp³-hybridized carbons (Fsp3) is 0.125. The van der Waals surface area contributed by atoms with Crippen molar-refractivity contribution in [2.24, 2.45) is 0 Å². The largest absolute Gasteiger partial charge is 0.441 e. The Morgan fingerprint density at radius 3 is 3.09 bits per heavy atom. The molecular formula is C8H6FNO. The van der Waals surface area contributed by atoms with E-state index >= 15 is 0 Å². The third-order valence-electron chi connectivity index (χ3n) is 1.46. The number of oxazole rings is 1. The van der Waals surface area contributed by atoms with Crippen molar-refractivity contribution in [2.45, 2.75) is 6.92 Å². The molecule has 0 saturated carbocycles. The molecule has 1 aromatic carbocycles. The third-order valence-corrected chi connectivity index (χ3v) is 1.46. The molecule has 0 radical (unpaired) electrons. The molecule has 0 unspecified atom stereocenters. The van der Waals surface area contributed by atoms with Gasteiger partial charge in [-0.15, -0.1) is 0 Å². The average Bonchev–Trinajstić information content (AvgIpc) is 2.27. The number of hydrogen-bond acceptors (Lipinski definition) is 2. The molecule has 0 N–H and O–H groups in total. The molecule has 0 saturated heterocycles. The van der Waals surface area contributed by atoms with Crippen molar-refractivity contribution < 1.29 is 8.81 Å². The lowest BCUT2D eigenvalue weighted by atomic mass is 10.3. The van der Waals surface area contributed by atoms with Crippen molar-refractivity contribution in [3.05, 3.63) is 29.9 Å². The molecule has 1 heterocycles. The monoisotopic (exact) mass is 151 g/mol. The minimum absolute atomic E-state index is 0.298. The zero-order chi connectivity index (χ0) is 7.84. The molecule has 2 aromatic rings. The summed E-state index contributed by atoms with van der Waals surface area (Å²) >= 11 is 0. The number of halogens is 1. The van der Waals surface area contributed by atoms with Crippen LogP contribution < -0.4 is 0 Å². The summed E-state index contributed by atoms with van der Waals surface area (Å²) in [5.41, 5.74) is 1.20. The molecular weight excluding hydrogens is 145 g/mol. The highest BCUT2D eigenvalue weighted by atomic mass is 19.1. The molecule has 0 aliphatic heterocycles. The number of nitrogens with zero attached hydrogens (tertiary/aromatic N) is 1. The first-order valence-electron chi connectivity index (χ1n) is 3.28. The van der Waals surface area contributed by atoms with Crippen LogP contribution in [0.1, 0.15) is 5.89 Å². The summed E-state index contributed by atoms with van der Waals surface area (Å²) in [5.74, 6) is 0.263. The van der Waals surface area contributed by atoms with Crippen molar-refractivity contribution in [3.8, 4) is 0 Å². The van der Waals surface area contributed by atoms with Gasteiger partial charge in [0, 0.05) is 13.0 Å². The van der Waals surface area contributed by atoms with Gasteiger partial charge < -0.3 is 4.42 Å². The first kappa shape index (κ1) is 6.34. The van der Waals surface area contributed by atoms with Crippen LogP contribution in [0.25, 0.3) is 11.1 Å². The maximum atomic E-state index is 12.6. The maximum absolute atomic E-state index is 12.6. The Labute approximate surface area is 62.7 Å². The SMILES string of the molecule is Cc1nc2ccc(F)cc2o1. The molecule has 0 bridgehead atoms. The second-order valence-corrected chi connectivity index (χ2v) is 2.34. The zero-order valence-electron chi connectivity index (χ0n) is 5.97. The first-order valence-corrected chi connectivity index (χ1v) is 3.28. The van der Waals surface area contributed by atoms with E-state index in [4.69, 9.17) is 4.42 Å². The minimum Gasteiger partial charge on any atom is -0.441 e. The van der Waals surface area contributed by atoms with E-state index in [0.717, 1.165) is 0 Å². The number of hydrogen-bond donors (Lipinski definition) is 0. The van der Waals surface area contributed by atoms with E-state index in [2.05, 4.69) is 4.98 Å². The molecule has 2 nitrogen and oxygen atoms in total. The van der Waals surface area contributed by atoms with Crippen molar-refractivity contribution >= 4 is 11.1 Å². The second-order valence-electron chi connectivity index (χ2n) is 2.34. The van der Waals surface area contributed by atoms with Gasteiger partial charge in [-0.1, -0.05) is 0 Å². The summed E-state index contributed by atoms with van der Waals surface area (Å²) in [5, 5.41) is 0. The van der Waals surface area contributed by atoms with Gasteiger partial charge in [-0.25, -0.2) is 9.37 Å². The molecule has 0 amide bonds. The van der Waals surface area contributed by atoms with Gasteiger partial charge in [-0.3, -0.25) is 0 Å².